The SMILES string of the molecule is CC(CCOc1ccc(C(F)(F)F)cc1)CCSC(C)C. The molecule has 120 valence electrons. The summed E-state index contributed by atoms with van der Waals surface area (Å²) in [4.78, 5) is 0. The number of halogens is 3. The number of rotatable bonds is 8. The zero-order valence-electron chi connectivity index (χ0n) is 12.7. The van der Waals surface area contributed by atoms with Crippen LogP contribution >= 0.6 is 11.8 Å². The van der Waals surface area contributed by atoms with E-state index in [2.05, 4.69) is 20.8 Å². The Morgan fingerprint density at radius 1 is 1.05 bits per heavy atom. The van der Waals surface area contributed by atoms with Gasteiger partial charge in [0.05, 0.1) is 12.2 Å². The van der Waals surface area contributed by atoms with Gasteiger partial charge in [0.15, 0.2) is 0 Å². The summed E-state index contributed by atoms with van der Waals surface area (Å²) >= 11 is 1.95. The minimum Gasteiger partial charge on any atom is -0.494 e. The molecule has 1 nitrogen and oxygen atoms in total. The van der Waals surface area contributed by atoms with Crippen LogP contribution in [0.5, 0.6) is 5.75 Å². The first-order chi connectivity index (χ1) is 9.79. The summed E-state index contributed by atoms with van der Waals surface area (Å²) in [6.45, 7) is 7.09. The molecule has 1 aromatic rings. The zero-order valence-corrected chi connectivity index (χ0v) is 13.6. The highest BCUT2D eigenvalue weighted by Crippen LogP contribution is 2.30. The van der Waals surface area contributed by atoms with E-state index >= 15 is 0 Å². The van der Waals surface area contributed by atoms with Crippen molar-refractivity contribution in [1.82, 2.24) is 0 Å². The first-order valence-corrected chi connectivity index (χ1v) is 8.25. The Kier molecular flexibility index (Phi) is 7.43. The third-order valence-electron chi connectivity index (χ3n) is 3.12. The molecular formula is C16H23F3OS. The normalized spacial score (nSPS) is 13.5. The van der Waals surface area contributed by atoms with E-state index in [0.717, 1.165) is 30.7 Å². The Balaban J connectivity index is 2.26. The zero-order chi connectivity index (χ0) is 15.9. The van der Waals surface area contributed by atoms with E-state index in [-0.39, 0.29) is 0 Å². The van der Waals surface area contributed by atoms with Crippen molar-refractivity contribution >= 4 is 11.8 Å². The van der Waals surface area contributed by atoms with E-state index in [1.165, 1.54) is 12.1 Å². The van der Waals surface area contributed by atoms with Crippen LogP contribution in [0.1, 0.15) is 39.2 Å². The molecule has 0 saturated heterocycles. The highest BCUT2D eigenvalue weighted by molar-refractivity contribution is 7.99. The molecule has 1 atom stereocenters. The highest BCUT2D eigenvalue weighted by Gasteiger charge is 2.29. The summed E-state index contributed by atoms with van der Waals surface area (Å²) in [5.74, 6) is 2.19. The lowest BCUT2D eigenvalue weighted by atomic mass is 10.1. The van der Waals surface area contributed by atoms with Gasteiger partial charge in [-0.25, -0.2) is 0 Å². The molecule has 0 bridgehead atoms. The standard InChI is InChI=1S/C16H23F3OS/c1-12(2)21-11-9-13(3)8-10-20-15-6-4-14(5-7-15)16(17,18)19/h4-7,12-13H,8-11H2,1-3H3. The fourth-order valence-electron chi connectivity index (χ4n) is 1.77. The topological polar surface area (TPSA) is 9.23 Å². The molecule has 0 aliphatic heterocycles. The molecule has 0 N–H and O–H groups in total. The number of ether oxygens (including phenoxy) is 1. The summed E-state index contributed by atoms with van der Waals surface area (Å²) in [6.07, 6.45) is -2.24. The van der Waals surface area contributed by atoms with Gasteiger partial charge in [0.25, 0.3) is 0 Å². The maximum atomic E-state index is 12.4. The Morgan fingerprint density at radius 3 is 2.19 bits per heavy atom. The highest BCUT2D eigenvalue weighted by atomic mass is 32.2. The number of alkyl halides is 3. The lowest BCUT2D eigenvalue weighted by Gasteiger charge is -2.13. The molecule has 0 fully saturated rings. The summed E-state index contributed by atoms with van der Waals surface area (Å²) in [7, 11) is 0. The van der Waals surface area contributed by atoms with Crippen molar-refractivity contribution in [3.63, 3.8) is 0 Å². The van der Waals surface area contributed by atoms with Crippen LogP contribution in [-0.4, -0.2) is 17.6 Å². The van der Waals surface area contributed by atoms with Crippen LogP contribution in [0.3, 0.4) is 0 Å². The van der Waals surface area contributed by atoms with Gasteiger partial charge in [0, 0.05) is 0 Å². The molecule has 0 radical (unpaired) electrons. The van der Waals surface area contributed by atoms with E-state index in [4.69, 9.17) is 4.74 Å². The van der Waals surface area contributed by atoms with Gasteiger partial charge in [-0.2, -0.15) is 24.9 Å². The van der Waals surface area contributed by atoms with Gasteiger partial charge < -0.3 is 4.74 Å². The fourth-order valence-corrected chi connectivity index (χ4v) is 2.78. The van der Waals surface area contributed by atoms with Crippen LogP contribution in [0, 0.1) is 5.92 Å². The quantitative estimate of drug-likeness (QED) is 0.613. The third-order valence-corrected chi connectivity index (χ3v) is 4.26. The molecule has 5 heteroatoms. The molecule has 0 heterocycles. The summed E-state index contributed by atoms with van der Waals surface area (Å²) in [6, 6.07) is 4.86. The van der Waals surface area contributed by atoms with Gasteiger partial charge >= 0.3 is 6.18 Å². The number of hydrogen-bond acceptors (Lipinski definition) is 2. The lowest BCUT2D eigenvalue weighted by molar-refractivity contribution is -0.137. The molecule has 0 amide bonds. The molecule has 0 aliphatic carbocycles. The van der Waals surface area contributed by atoms with Gasteiger partial charge in [-0.1, -0.05) is 20.8 Å². The van der Waals surface area contributed by atoms with Crippen LogP contribution in [-0.2, 0) is 6.18 Å². The number of benzene rings is 1. The van der Waals surface area contributed by atoms with Crippen molar-refractivity contribution in [2.75, 3.05) is 12.4 Å². The largest absolute Gasteiger partial charge is 0.494 e. The summed E-state index contributed by atoms with van der Waals surface area (Å²) in [5.41, 5.74) is -0.645. The molecule has 0 aromatic heterocycles. The van der Waals surface area contributed by atoms with Crippen molar-refractivity contribution in [1.29, 1.82) is 0 Å². The molecule has 1 rings (SSSR count). The lowest BCUT2D eigenvalue weighted by Crippen LogP contribution is -2.07. The van der Waals surface area contributed by atoms with Crippen molar-refractivity contribution in [2.45, 2.75) is 45.0 Å². The van der Waals surface area contributed by atoms with E-state index < -0.39 is 11.7 Å². The number of hydrogen-bond donors (Lipinski definition) is 0. The van der Waals surface area contributed by atoms with Crippen molar-refractivity contribution < 1.29 is 17.9 Å². The van der Waals surface area contributed by atoms with Crippen LogP contribution in [0.25, 0.3) is 0 Å². The second-order valence-corrected chi connectivity index (χ2v) is 7.16. The summed E-state index contributed by atoms with van der Waals surface area (Å²) < 4.78 is 42.7. The molecule has 1 unspecified atom stereocenters. The van der Waals surface area contributed by atoms with Gasteiger partial charge in [-0.3, -0.25) is 0 Å². The maximum Gasteiger partial charge on any atom is 0.416 e. The molecule has 0 saturated carbocycles. The Bertz CT molecular complexity index is 401. The number of thioether (sulfide) groups is 1. The Hall–Kier alpha value is -0.840. The smallest absolute Gasteiger partial charge is 0.416 e. The second kappa shape index (κ2) is 8.57. The fraction of sp³-hybridized carbons (Fsp3) is 0.625. The molecule has 0 aliphatic rings. The van der Waals surface area contributed by atoms with Crippen molar-refractivity contribution in [3.05, 3.63) is 29.8 Å². The van der Waals surface area contributed by atoms with E-state index in [9.17, 15) is 13.2 Å². The predicted octanol–water partition coefficient (Wildman–Crippen LogP) is 5.64. The minimum atomic E-state index is -4.29. The Labute approximate surface area is 129 Å². The van der Waals surface area contributed by atoms with Gasteiger partial charge in [0.2, 0.25) is 0 Å². The first-order valence-electron chi connectivity index (χ1n) is 7.20. The van der Waals surface area contributed by atoms with Crippen LogP contribution < -0.4 is 4.74 Å². The van der Waals surface area contributed by atoms with Gasteiger partial charge in [-0.15, -0.1) is 0 Å². The summed E-state index contributed by atoms with van der Waals surface area (Å²) in [5, 5.41) is 0.653. The van der Waals surface area contributed by atoms with Crippen LogP contribution in [0.2, 0.25) is 0 Å². The predicted molar refractivity (Wildman–Crippen MR) is 82.9 cm³/mol. The van der Waals surface area contributed by atoms with Gasteiger partial charge in [0.1, 0.15) is 5.75 Å². The molecule has 0 spiro atoms. The average Bonchev–Trinajstić information content (AvgIpc) is 2.38. The van der Waals surface area contributed by atoms with E-state index in [0.29, 0.717) is 23.5 Å². The molecule has 1 aromatic carbocycles. The average molecular weight is 320 g/mol. The molecule has 21 heavy (non-hydrogen) atoms. The third kappa shape index (κ3) is 7.65. The monoisotopic (exact) mass is 320 g/mol. The van der Waals surface area contributed by atoms with Crippen molar-refractivity contribution in [2.24, 2.45) is 5.92 Å². The first kappa shape index (κ1) is 18.2. The van der Waals surface area contributed by atoms with Gasteiger partial charge in [-0.05, 0) is 54.0 Å². The molecular weight excluding hydrogens is 297 g/mol. The van der Waals surface area contributed by atoms with E-state index in [1.54, 1.807) is 0 Å². The Morgan fingerprint density at radius 2 is 1.67 bits per heavy atom. The maximum absolute atomic E-state index is 12.4. The van der Waals surface area contributed by atoms with E-state index in [1.807, 2.05) is 11.8 Å². The van der Waals surface area contributed by atoms with Crippen LogP contribution in [0.15, 0.2) is 24.3 Å². The minimum absolute atomic E-state index is 0.492. The van der Waals surface area contributed by atoms with Crippen molar-refractivity contribution in [3.8, 4) is 5.75 Å². The second-order valence-electron chi connectivity index (χ2n) is 5.47. The van der Waals surface area contributed by atoms with Crippen LogP contribution in [0.4, 0.5) is 13.2 Å².